The summed E-state index contributed by atoms with van der Waals surface area (Å²) in [6.07, 6.45) is -0.727. The van der Waals surface area contributed by atoms with E-state index < -0.39 is 24.6 Å². The highest BCUT2D eigenvalue weighted by Crippen LogP contribution is 1.98. The summed E-state index contributed by atoms with van der Waals surface area (Å²) in [7, 11) is 0. The average Bonchev–Trinajstić information content (AvgIpc) is 1.98. The lowest BCUT2D eigenvalue weighted by Gasteiger charge is -2.12. The summed E-state index contributed by atoms with van der Waals surface area (Å²) in [6.45, 7) is 0.320. The Morgan fingerprint density at radius 1 is 1.73 bits per heavy atom. The van der Waals surface area contributed by atoms with Crippen molar-refractivity contribution < 1.29 is 19.5 Å². The van der Waals surface area contributed by atoms with Crippen LogP contribution in [0, 0.1) is 0 Å². The molecule has 0 heterocycles. The number of hydroxylamine groups is 1. The number of hydrogen-bond donors (Lipinski definition) is 3. The van der Waals surface area contributed by atoms with E-state index in [9.17, 15) is 9.18 Å². The molecule has 0 aromatic heterocycles. The van der Waals surface area contributed by atoms with Gasteiger partial charge in [-0.3, -0.25) is 4.79 Å². The molecule has 0 spiro atoms. The fourth-order valence-corrected chi connectivity index (χ4v) is 0.690. The van der Waals surface area contributed by atoms with Gasteiger partial charge in [0, 0.05) is 0 Å². The van der Waals surface area contributed by atoms with E-state index >= 15 is 0 Å². The first kappa shape index (κ1) is 10.5. The first-order chi connectivity index (χ1) is 5.11. The van der Waals surface area contributed by atoms with Gasteiger partial charge in [-0.15, -0.1) is 0 Å². The van der Waals surface area contributed by atoms with Gasteiger partial charge in [0.15, 0.2) is 5.78 Å². The molecule has 0 amide bonds. The molecule has 0 radical (unpaired) electrons. The van der Waals surface area contributed by atoms with Crippen molar-refractivity contribution in [3.8, 4) is 0 Å². The molecule has 0 fully saturated rings. The molecule has 0 aliphatic rings. The van der Waals surface area contributed by atoms with Crippen LogP contribution in [0.2, 0.25) is 0 Å². The van der Waals surface area contributed by atoms with E-state index in [1.165, 1.54) is 6.92 Å². The maximum Gasteiger partial charge on any atom is 0.183 e. The second-order valence-electron chi connectivity index (χ2n) is 2.37. The number of halogens is 1. The van der Waals surface area contributed by atoms with Crippen molar-refractivity contribution in [3.63, 3.8) is 0 Å². The van der Waals surface area contributed by atoms with Crippen molar-refractivity contribution in [2.24, 2.45) is 0 Å². The Labute approximate surface area is 64.0 Å². The number of carbonyl (C=O) groups excluding carboxylic acids is 1. The van der Waals surface area contributed by atoms with Gasteiger partial charge in [0.25, 0.3) is 0 Å². The van der Waals surface area contributed by atoms with E-state index in [1.54, 1.807) is 5.48 Å². The Hall–Kier alpha value is -0.520. The van der Waals surface area contributed by atoms with Crippen molar-refractivity contribution in [3.05, 3.63) is 0 Å². The van der Waals surface area contributed by atoms with Gasteiger partial charge in [0.2, 0.25) is 0 Å². The average molecular weight is 165 g/mol. The van der Waals surface area contributed by atoms with Gasteiger partial charge >= 0.3 is 0 Å². The van der Waals surface area contributed by atoms with Gasteiger partial charge < -0.3 is 10.3 Å². The second-order valence-corrected chi connectivity index (χ2v) is 2.37. The van der Waals surface area contributed by atoms with Crippen LogP contribution in [0.25, 0.3) is 0 Å². The minimum absolute atomic E-state index is 0.0131. The molecule has 4 nitrogen and oxygen atoms in total. The minimum Gasteiger partial charge on any atom is -0.393 e. The lowest BCUT2D eigenvalue weighted by atomic mass is 10.1. The highest BCUT2D eigenvalue weighted by atomic mass is 19.1. The van der Waals surface area contributed by atoms with Crippen molar-refractivity contribution in [2.45, 2.75) is 25.5 Å². The summed E-state index contributed by atoms with van der Waals surface area (Å²) in [4.78, 5) is 10.6. The number of aliphatic hydroxyl groups is 1. The van der Waals surface area contributed by atoms with Crippen molar-refractivity contribution in [2.75, 3.05) is 6.67 Å². The number of aliphatic hydroxyl groups excluding tert-OH is 1. The van der Waals surface area contributed by atoms with Gasteiger partial charge in [-0.25, -0.2) is 4.39 Å². The molecular weight excluding hydrogens is 153 g/mol. The molecule has 2 unspecified atom stereocenters. The molecule has 0 saturated heterocycles. The Morgan fingerprint density at radius 3 is 2.55 bits per heavy atom. The number of nitrogens with one attached hydrogen (secondary N) is 1. The smallest absolute Gasteiger partial charge is 0.183 e. The van der Waals surface area contributed by atoms with Crippen molar-refractivity contribution in [1.82, 2.24) is 5.48 Å². The Bertz CT molecular complexity index is 129. The number of hydrogen-bond acceptors (Lipinski definition) is 4. The molecular formula is C6H12FNO3. The predicted molar refractivity (Wildman–Crippen MR) is 36.0 cm³/mol. The van der Waals surface area contributed by atoms with Gasteiger partial charge in [-0.05, 0) is 13.3 Å². The highest BCUT2D eigenvalue weighted by molar-refractivity contribution is 5.84. The molecule has 66 valence electrons. The van der Waals surface area contributed by atoms with E-state index in [0.29, 0.717) is 0 Å². The van der Waals surface area contributed by atoms with Crippen LogP contribution < -0.4 is 5.48 Å². The third-order valence-corrected chi connectivity index (χ3v) is 1.25. The maximum absolute atomic E-state index is 11.7. The zero-order valence-electron chi connectivity index (χ0n) is 6.25. The number of alkyl halides is 1. The number of Topliss-reactive ketones (excluding diaryl/α,β-unsaturated/α-hetero) is 1. The van der Waals surface area contributed by atoms with Crippen LogP contribution in [0.15, 0.2) is 0 Å². The molecule has 0 aliphatic carbocycles. The van der Waals surface area contributed by atoms with Crippen LogP contribution in [-0.4, -0.2) is 34.9 Å². The van der Waals surface area contributed by atoms with Crippen LogP contribution in [0.4, 0.5) is 4.39 Å². The number of rotatable bonds is 5. The molecule has 0 aromatic carbocycles. The normalized spacial score (nSPS) is 16.0. The molecule has 2 atom stereocenters. The van der Waals surface area contributed by atoms with Gasteiger partial charge in [-0.2, -0.15) is 5.48 Å². The summed E-state index contributed by atoms with van der Waals surface area (Å²) in [5.74, 6) is -0.756. The van der Waals surface area contributed by atoms with E-state index in [0.717, 1.165) is 0 Å². The molecule has 0 rings (SSSR count). The third-order valence-electron chi connectivity index (χ3n) is 1.25. The standard InChI is InChI=1S/C6H12FNO3/c1-4(9)2-5(8-11)6(10)3-7/h4-5,8-9,11H,2-3H2,1H3. The van der Waals surface area contributed by atoms with E-state index in [4.69, 9.17) is 10.3 Å². The van der Waals surface area contributed by atoms with Crippen LogP contribution >= 0.6 is 0 Å². The maximum atomic E-state index is 11.7. The van der Waals surface area contributed by atoms with Gasteiger partial charge in [-0.1, -0.05) is 0 Å². The first-order valence-electron chi connectivity index (χ1n) is 3.28. The third kappa shape index (κ3) is 4.02. The molecule has 5 heteroatoms. The fourth-order valence-electron chi connectivity index (χ4n) is 0.690. The van der Waals surface area contributed by atoms with Crippen LogP contribution in [-0.2, 0) is 4.79 Å². The molecule has 0 aromatic rings. The zero-order valence-corrected chi connectivity index (χ0v) is 6.25. The fraction of sp³-hybridized carbons (Fsp3) is 0.833. The van der Waals surface area contributed by atoms with Crippen LogP contribution in [0.5, 0.6) is 0 Å². The number of carbonyl (C=O) groups is 1. The summed E-state index contributed by atoms with van der Waals surface area (Å²) in [6, 6.07) is -1.00. The molecule has 0 bridgehead atoms. The zero-order chi connectivity index (χ0) is 8.85. The topological polar surface area (TPSA) is 69.6 Å². The summed E-state index contributed by atoms with van der Waals surface area (Å²) in [5.41, 5.74) is 1.63. The minimum atomic E-state index is -1.13. The van der Waals surface area contributed by atoms with E-state index in [2.05, 4.69) is 0 Å². The monoisotopic (exact) mass is 165 g/mol. The number of ketones is 1. The molecule has 0 aliphatic heterocycles. The molecule has 3 N–H and O–H groups in total. The van der Waals surface area contributed by atoms with Crippen LogP contribution in [0.3, 0.4) is 0 Å². The summed E-state index contributed by atoms with van der Waals surface area (Å²) >= 11 is 0. The van der Waals surface area contributed by atoms with Crippen molar-refractivity contribution in [1.29, 1.82) is 0 Å². The molecule has 0 saturated carbocycles. The first-order valence-corrected chi connectivity index (χ1v) is 3.28. The second kappa shape index (κ2) is 5.17. The molecule has 11 heavy (non-hydrogen) atoms. The lowest BCUT2D eigenvalue weighted by molar-refractivity contribution is -0.125. The highest BCUT2D eigenvalue weighted by Gasteiger charge is 2.18. The van der Waals surface area contributed by atoms with Gasteiger partial charge in [0.1, 0.15) is 6.67 Å². The van der Waals surface area contributed by atoms with E-state index in [1.807, 2.05) is 0 Å². The SMILES string of the molecule is CC(O)CC(NO)C(=O)CF. The summed E-state index contributed by atoms with van der Waals surface area (Å²) < 4.78 is 11.7. The predicted octanol–water partition coefficient (Wildman–Crippen LogP) is -0.357. The van der Waals surface area contributed by atoms with Gasteiger partial charge in [0.05, 0.1) is 12.1 Å². The van der Waals surface area contributed by atoms with E-state index in [-0.39, 0.29) is 6.42 Å². The van der Waals surface area contributed by atoms with Crippen molar-refractivity contribution >= 4 is 5.78 Å². The largest absolute Gasteiger partial charge is 0.393 e. The Balaban J connectivity index is 3.84. The van der Waals surface area contributed by atoms with Crippen LogP contribution in [0.1, 0.15) is 13.3 Å². The summed E-state index contributed by atoms with van der Waals surface area (Å²) in [5, 5.41) is 17.1. The Kier molecular flexibility index (Phi) is 4.93. The quantitative estimate of drug-likeness (QED) is 0.487. The lowest BCUT2D eigenvalue weighted by Crippen LogP contribution is -2.37. The Morgan fingerprint density at radius 2 is 2.27 bits per heavy atom.